The van der Waals surface area contributed by atoms with Crippen LogP contribution in [0.3, 0.4) is 0 Å². The highest BCUT2D eigenvalue weighted by Gasteiger charge is 2.26. The van der Waals surface area contributed by atoms with Crippen molar-refractivity contribution in [1.29, 1.82) is 0 Å². The molecule has 0 aromatic carbocycles. The minimum atomic E-state index is -3.35. The molecule has 0 unspecified atom stereocenters. The van der Waals surface area contributed by atoms with Gasteiger partial charge in [0, 0.05) is 23.6 Å². The molecule has 0 spiro atoms. The third-order valence-electron chi connectivity index (χ3n) is 2.76. The van der Waals surface area contributed by atoms with Gasteiger partial charge in [0.25, 0.3) is 10.0 Å². The summed E-state index contributed by atoms with van der Waals surface area (Å²) in [5.74, 6) is 0. The second-order valence-corrected chi connectivity index (χ2v) is 7.90. The number of sulfonamides is 1. The van der Waals surface area contributed by atoms with E-state index in [1.54, 1.807) is 11.4 Å². The van der Waals surface area contributed by atoms with Crippen LogP contribution in [0.1, 0.15) is 12.8 Å². The van der Waals surface area contributed by atoms with Gasteiger partial charge in [-0.2, -0.15) is 0 Å². The van der Waals surface area contributed by atoms with Crippen molar-refractivity contribution in [3.8, 4) is 0 Å². The molecule has 1 aromatic heterocycles. The lowest BCUT2D eigenvalue weighted by Gasteiger charge is -2.15. The van der Waals surface area contributed by atoms with Gasteiger partial charge in [0.15, 0.2) is 0 Å². The number of hydrogen-bond donors (Lipinski definition) is 1. The van der Waals surface area contributed by atoms with Gasteiger partial charge in [0.1, 0.15) is 4.21 Å². The molecule has 1 N–H and O–H groups in total. The van der Waals surface area contributed by atoms with Crippen LogP contribution in [0.25, 0.3) is 0 Å². The number of halogens is 1. The Hall–Kier alpha value is 0.0500. The van der Waals surface area contributed by atoms with Crippen molar-refractivity contribution in [2.75, 3.05) is 20.1 Å². The first kappa shape index (κ1) is 13.5. The van der Waals surface area contributed by atoms with E-state index < -0.39 is 10.0 Å². The van der Waals surface area contributed by atoms with Crippen LogP contribution in [-0.2, 0) is 10.0 Å². The van der Waals surface area contributed by atoms with Crippen molar-refractivity contribution in [2.24, 2.45) is 0 Å². The molecule has 0 radical (unpaired) electrons. The molecule has 1 fully saturated rings. The molecular formula is C10H15BrN2O2S2. The van der Waals surface area contributed by atoms with Crippen LogP contribution in [0.5, 0.6) is 0 Å². The quantitative estimate of drug-likeness (QED) is 0.861. The SMILES string of the molecule is CN(CCNS(=O)(=O)c1sccc1Br)C1CC1. The number of nitrogens with one attached hydrogen (secondary N) is 1. The summed E-state index contributed by atoms with van der Waals surface area (Å²) in [5, 5.41) is 1.76. The third kappa shape index (κ3) is 3.51. The van der Waals surface area contributed by atoms with Gasteiger partial charge in [-0.15, -0.1) is 11.3 Å². The Morgan fingerprint density at radius 2 is 2.29 bits per heavy atom. The van der Waals surface area contributed by atoms with Gasteiger partial charge in [0.05, 0.1) is 0 Å². The monoisotopic (exact) mass is 338 g/mol. The van der Waals surface area contributed by atoms with Gasteiger partial charge < -0.3 is 4.90 Å². The van der Waals surface area contributed by atoms with Gasteiger partial charge >= 0.3 is 0 Å². The Morgan fingerprint density at radius 3 is 2.82 bits per heavy atom. The second kappa shape index (κ2) is 5.36. The number of likely N-dealkylation sites (N-methyl/N-ethyl adjacent to an activating group) is 1. The number of thiophene rings is 1. The molecule has 2 rings (SSSR count). The average molecular weight is 339 g/mol. The molecule has 4 nitrogen and oxygen atoms in total. The Bertz CT molecular complexity index is 482. The summed E-state index contributed by atoms with van der Waals surface area (Å²) in [4.78, 5) is 2.20. The summed E-state index contributed by atoms with van der Waals surface area (Å²) in [7, 11) is -1.32. The predicted octanol–water partition coefficient (Wildman–Crippen LogP) is 1.88. The first-order valence-electron chi connectivity index (χ1n) is 5.43. The minimum Gasteiger partial charge on any atom is -0.302 e. The molecule has 7 heteroatoms. The lowest BCUT2D eigenvalue weighted by molar-refractivity contribution is 0.329. The van der Waals surface area contributed by atoms with E-state index in [-0.39, 0.29) is 0 Å². The molecule has 0 bridgehead atoms. The third-order valence-corrected chi connectivity index (χ3v) is 6.89. The van der Waals surface area contributed by atoms with Crippen molar-refractivity contribution >= 4 is 37.3 Å². The Balaban J connectivity index is 1.87. The highest BCUT2D eigenvalue weighted by molar-refractivity contribution is 9.10. The van der Waals surface area contributed by atoms with E-state index >= 15 is 0 Å². The van der Waals surface area contributed by atoms with E-state index in [0.29, 0.717) is 21.3 Å². The second-order valence-electron chi connectivity index (χ2n) is 4.17. The van der Waals surface area contributed by atoms with Crippen molar-refractivity contribution in [3.63, 3.8) is 0 Å². The first-order chi connectivity index (χ1) is 8.00. The Kier molecular flexibility index (Phi) is 4.25. The molecule has 0 amide bonds. The fraction of sp³-hybridized carbons (Fsp3) is 0.600. The van der Waals surface area contributed by atoms with Gasteiger partial charge in [-0.05, 0) is 47.3 Å². The molecule has 17 heavy (non-hydrogen) atoms. The molecular weight excluding hydrogens is 324 g/mol. The van der Waals surface area contributed by atoms with E-state index in [2.05, 4.69) is 25.6 Å². The zero-order chi connectivity index (χ0) is 12.5. The van der Waals surface area contributed by atoms with Crippen molar-refractivity contribution in [3.05, 3.63) is 15.9 Å². The molecule has 1 aliphatic carbocycles. The van der Waals surface area contributed by atoms with E-state index in [4.69, 9.17) is 0 Å². The number of rotatable bonds is 6. The van der Waals surface area contributed by atoms with Crippen molar-refractivity contribution in [2.45, 2.75) is 23.1 Å². The maximum atomic E-state index is 11.9. The van der Waals surface area contributed by atoms with Crippen LogP contribution in [0.15, 0.2) is 20.1 Å². The zero-order valence-electron chi connectivity index (χ0n) is 9.52. The van der Waals surface area contributed by atoms with Crippen LogP contribution in [-0.4, -0.2) is 39.5 Å². The summed E-state index contributed by atoms with van der Waals surface area (Å²) < 4.78 is 27.5. The minimum absolute atomic E-state index is 0.353. The lowest BCUT2D eigenvalue weighted by Crippen LogP contribution is -2.33. The average Bonchev–Trinajstić information content (AvgIpc) is 3.01. The molecule has 1 heterocycles. The van der Waals surface area contributed by atoms with Crippen LogP contribution in [0, 0.1) is 0 Å². The van der Waals surface area contributed by atoms with Gasteiger partial charge in [0.2, 0.25) is 0 Å². The summed E-state index contributed by atoms with van der Waals surface area (Å²) in [6, 6.07) is 2.41. The highest BCUT2D eigenvalue weighted by Crippen LogP contribution is 2.27. The van der Waals surface area contributed by atoms with Gasteiger partial charge in [-0.25, -0.2) is 13.1 Å². The standard InChI is InChI=1S/C10H15BrN2O2S2/c1-13(8-2-3-8)6-5-12-17(14,15)10-9(11)4-7-16-10/h4,7-8,12H,2-3,5-6H2,1H3. The molecule has 1 saturated carbocycles. The summed E-state index contributed by atoms with van der Waals surface area (Å²) in [6.45, 7) is 1.21. The fourth-order valence-corrected chi connectivity index (χ4v) is 4.99. The predicted molar refractivity (Wildman–Crippen MR) is 72.9 cm³/mol. The van der Waals surface area contributed by atoms with Crippen molar-refractivity contribution < 1.29 is 8.42 Å². The fourth-order valence-electron chi connectivity index (χ4n) is 1.59. The summed E-state index contributed by atoms with van der Waals surface area (Å²) in [6.07, 6.45) is 2.47. The molecule has 0 atom stereocenters. The normalized spacial score (nSPS) is 16.6. The molecule has 1 aliphatic rings. The van der Waals surface area contributed by atoms with Gasteiger partial charge in [-0.3, -0.25) is 0 Å². The van der Waals surface area contributed by atoms with Gasteiger partial charge in [-0.1, -0.05) is 0 Å². The van der Waals surface area contributed by atoms with E-state index in [1.165, 1.54) is 24.2 Å². The number of hydrogen-bond acceptors (Lipinski definition) is 4. The Morgan fingerprint density at radius 1 is 1.59 bits per heavy atom. The Labute approximate surface area is 114 Å². The van der Waals surface area contributed by atoms with Crippen LogP contribution < -0.4 is 4.72 Å². The zero-order valence-corrected chi connectivity index (χ0v) is 12.7. The molecule has 96 valence electrons. The topological polar surface area (TPSA) is 49.4 Å². The van der Waals surface area contributed by atoms with Crippen LogP contribution in [0.2, 0.25) is 0 Å². The van der Waals surface area contributed by atoms with Crippen molar-refractivity contribution in [1.82, 2.24) is 9.62 Å². The molecule has 0 saturated heterocycles. The molecule has 1 aromatic rings. The highest BCUT2D eigenvalue weighted by atomic mass is 79.9. The van der Waals surface area contributed by atoms with E-state index in [1.807, 2.05) is 7.05 Å². The lowest BCUT2D eigenvalue weighted by atomic mass is 10.5. The van der Waals surface area contributed by atoms with Crippen LogP contribution in [0.4, 0.5) is 0 Å². The maximum absolute atomic E-state index is 11.9. The molecule has 0 aliphatic heterocycles. The van der Waals surface area contributed by atoms with Crippen LogP contribution >= 0.6 is 27.3 Å². The first-order valence-corrected chi connectivity index (χ1v) is 8.59. The van der Waals surface area contributed by atoms with E-state index in [9.17, 15) is 8.42 Å². The largest absolute Gasteiger partial charge is 0.302 e. The maximum Gasteiger partial charge on any atom is 0.251 e. The van der Waals surface area contributed by atoms with E-state index in [0.717, 1.165) is 6.54 Å². The smallest absolute Gasteiger partial charge is 0.251 e. The number of nitrogens with zero attached hydrogens (tertiary/aromatic N) is 1. The summed E-state index contributed by atoms with van der Waals surface area (Å²) >= 11 is 4.46. The summed E-state index contributed by atoms with van der Waals surface area (Å²) in [5.41, 5.74) is 0.